The Morgan fingerprint density at radius 1 is 1.45 bits per heavy atom. The molecule has 0 saturated heterocycles. The van der Waals surface area contributed by atoms with Crippen LogP contribution < -0.4 is 5.32 Å². The van der Waals surface area contributed by atoms with E-state index in [-0.39, 0.29) is 17.3 Å². The topological polar surface area (TPSA) is 69.6 Å². The first-order valence-corrected chi connectivity index (χ1v) is 6.35. The molecule has 2 N–H and O–H groups in total. The molecule has 0 atom stereocenters. The highest BCUT2D eigenvalue weighted by Gasteiger charge is 2.37. The molecule has 110 valence electrons. The van der Waals surface area contributed by atoms with Crippen LogP contribution in [0.1, 0.15) is 20.8 Å². The van der Waals surface area contributed by atoms with Crippen LogP contribution in [-0.2, 0) is 4.79 Å². The van der Waals surface area contributed by atoms with Crippen LogP contribution in [0.3, 0.4) is 0 Å². The normalized spacial score (nSPS) is 11.1. The van der Waals surface area contributed by atoms with Crippen LogP contribution in [-0.4, -0.2) is 34.1 Å². The van der Waals surface area contributed by atoms with E-state index in [4.69, 9.17) is 16.7 Å². The molecule has 20 heavy (non-hydrogen) atoms. The van der Waals surface area contributed by atoms with Gasteiger partial charge in [0.2, 0.25) is 0 Å². The highest BCUT2D eigenvalue weighted by Crippen LogP contribution is 2.21. The maximum Gasteiger partial charge on any atom is 0.329 e. The molecule has 0 saturated carbocycles. The number of benzene rings is 1. The SMILES string of the molecule is CCN(C(=O)Nc1ccc(Cl)cc1F)C(C)(C)C(=O)O. The van der Waals surface area contributed by atoms with Gasteiger partial charge < -0.3 is 15.3 Å². The first-order chi connectivity index (χ1) is 9.20. The molecular formula is C13H16ClFN2O3. The van der Waals surface area contributed by atoms with Crippen LogP contribution in [0, 0.1) is 5.82 Å². The highest BCUT2D eigenvalue weighted by molar-refractivity contribution is 6.30. The predicted octanol–water partition coefficient (Wildman–Crippen LogP) is 3.20. The van der Waals surface area contributed by atoms with Crippen molar-refractivity contribution in [3.8, 4) is 0 Å². The Hall–Kier alpha value is -1.82. The van der Waals surface area contributed by atoms with Crippen molar-refractivity contribution in [3.05, 3.63) is 29.0 Å². The summed E-state index contributed by atoms with van der Waals surface area (Å²) in [5, 5.41) is 11.7. The van der Waals surface area contributed by atoms with Gasteiger partial charge in [0.25, 0.3) is 0 Å². The zero-order chi connectivity index (χ0) is 15.5. The van der Waals surface area contributed by atoms with Gasteiger partial charge in [-0.2, -0.15) is 0 Å². The summed E-state index contributed by atoms with van der Waals surface area (Å²) >= 11 is 5.62. The van der Waals surface area contributed by atoms with Crippen LogP contribution in [0.15, 0.2) is 18.2 Å². The van der Waals surface area contributed by atoms with Gasteiger partial charge in [-0.25, -0.2) is 14.0 Å². The lowest BCUT2D eigenvalue weighted by Gasteiger charge is -2.34. The first-order valence-electron chi connectivity index (χ1n) is 5.97. The van der Waals surface area contributed by atoms with Crippen molar-refractivity contribution in [2.45, 2.75) is 26.3 Å². The van der Waals surface area contributed by atoms with Gasteiger partial charge in [-0.05, 0) is 39.0 Å². The number of anilines is 1. The van der Waals surface area contributed by atoms with Gasteiger partial charge in [0.1, 0.15) is 11.4 Å². The molecule has 1 aromatic rings. The van der Waals surface area contributed by atoms with E-state index < -0.39 is 23.4 Å². The quantitative estimate of drug-likeness (QED) is 0.897. The number of nitrogens with one attached hydrogen (secondary N) is 1. The Kier molecular flexibility index (Phi) is 4.94. The summed E-state index contributed by atoms with van der Waals surface area (Å²) in [6, 6.07) is 3.12. The minimum absolute atomic E-state index is 0.0564. The molecule has 0 spiro atoms. The zero-order valence-corrected chi connectivity index (χ0v) is 12.2. The number of carboxylic acids is 1. The molecule has 7 heteroatoms. The van der Waals surface area contributed by atoms with Crippen molar-refractivity contribution in [1.82, 2.24) is 4.90 Å². The van der Waals surface area contributed by atoms with E-state index in [2.05, 4.69) is 5.32 Å². The summed E-state index contributed by atoms with van der Waals surface area (Å²) in [4.78, 5) is 24.4. The van der Waals surface area contributed by atoms with Crippen LogP contribution in [0.4, 0.5) is 14.9 Å². The lowest BCUT2D eigenvalue weighted by Crippen LogP contribution is -2.54. The van der Waals surface area contributed by atoms with E-state index in [9.17, 15) is 14.0 Å². The van der Waals surface area contributed by atoms with Gasteiger partial charge in [0, 0.05) is 11.6 Å². The van der Waals surface area contributed by atoms with Crippen LogP contribution in [0.5, 0.6) is 0 Å². The van der Waals surface area contributed by atoms with Crippen molar-refractivity contribution >= 4 is 29.3 Å². The fourth-order valence-electron chi connectivity index (χ4n) is 1.68. The third kappa shape index (κ3) is 3.39. The molecule has 2 amide bonds. The molecule has 0 radical (unpaired) electrons. The number of carbonyl (C=O) groups is 2. The van der Waals surface area contributed by atoms with E-state index in [1.165, 1.54) is 26.0 Å². The second kappa shape index (κ2) is 6.09. The van der Waals surface area contributed by atoms with Crippen molar-refractivity contribution in [2.75, 3.05) is 11.9 Å². The summed E-state index contributed by atoms with van der Waals surface area (Å²) in [5.74, 6) is -1.83. The van der Waals surface area contributed by atoms with Gasteiger partial charge in [-0.15, -0.1) is 0 Å². The number of carboxylic acid groups (broad SMARTS) is 1. The molecule has 0 aliphatic heterocycles. The van der Waals surface area contributed by atoms with Crippen molar-refractivity contribution < 1.29 is 19.1 Å². The summed E-state index contributed by atoms with van der Waals surface area (Å²) in [6.07, 6.45) is 0. The Morgan fingerprint density at radius 2 is 2.05 bits per heavy atom. The molecule has 0 heterocycles. The summed E-state index contributed by atoms with van der Waals surface area (Å²) in [6.45, 7) is 4.61. The minimum Gasteiger partial charge on any atom is -0.480 e. The number of hydrogen-bond donors (Lipinski definition) is 2. The molecule has 0 aliphatic carbocycles. The van der Waals surface area contributed by atoms with Gasteiger partial charge in [0.15, 0.2) is 0 Å². The fraction of sp³-hybridized carbons (Fsp3) is 0.385. The minimum atomic E-state index is -1.40. The van der Waals surface area contributed by atoms with Gasteiger partial charge in [-0.1, -0.05) is 11.6 Å². The summed E-state index contributed by atoms with van der Waals surface area (Å²) < 4.78 is 13.6. The summed E-state index contributed by atoms with van der Waals surface area (Å²) in [5.41, 5.74) is -1.46. The van der Waals surface area contributed by atoms with E-state index in [1.807, 2.05) is 0 Å². The average Bonchev–Trinajstić information content (AvgIpc) is 2.33. The van der Waals surface area contributed by atoms with E-state index in [0.717, 1.165) is 11.0 Å². The highest BCUT2D eigenvalue weighted by atomic mass is 35.5. The van der Waals surface area contributed by atoms with Crippen molar-refractivity contribution in [2.24, 2.45) is 0 Å². The average molecular weight is 303 g/mol. The van der Waals surface area contributed by atoms with E-state index in [1.54, 1.807) is 6.92 Å². The number of nitrogens with zero attached hydrogens (tertiary/aromatic N) is 1. The van der Waals surface area contributed by atoms with Crippen molar-refractivity contribution in [1.29, 1.82) is 0 Å². The van der Waals surface area contributed by atoms with E-state index >= 15 is 0 Å². The Labute approximate surface area is 121 Å². The van der Waals surface area contributed by atoms with Gasteiger partial charge >= 0.3 is 12.0 Å². The zero-order valence-electron chi connectivity index (χ0n) is 11.4. The molecule has 0 aromatic heterocycles. The van der Waals surface area contributed by atoms with Crippen molar-refractivity contribution in [3.63, 3.8) is 0 Å². The van der Waals surface area contributed by atoms with Crippen LogP contribution >= 0.6 is 11.6 Å². The third-order valence-electron chi connectivity index (χ3n) is 2.93. The van der Waals surface area contributed by atoms with Crippen LogP contribution in [0.25, 0.3) is 0 Å². The number of hydrogen-bond acceptors (Lipinski definition) is 2. The second-order valence-corrected chi connectivity index (χ2v) is 5.10. The third-order valence-corrected chi connectivity index (χ3v) is 3.17. The number of carbonyl (C=O) groups excluding carboxylic acids is 1. The number of aliphatic carboxylic acids is 1. The molecule has 0 bridgehead atoms. The Balaban J connectivity index is 2.96. The molecular weight excluding hydrogens is 287 g/mol. The van der Waals surface area contributed by atoms with Gasteiger partial charge in [-0.3, -0.25) is 0 Å². The molecule has 1 aromatic carbocycles. The first kappa shape index (κ1) is 16.2. The Morgan fingerprint density at radius 3 is 2.50 bits per heavy atom. The second-order valence-electron chi connectivity index (χ2n) is 4.66. The van der Waals surface area contributed by atoms with Crippen LogP contribution in [0.2, 0.25) is 5.02 Å². The number of urea groups is 1. The standard InChI is InChI=1S/C13H16ClFN2O3/c1-4-17(13(2,3)11(18)19)12(20)16-10-6-5-8(14)7-9(10)15/h5-7H,4H2,1-3H3,(H,16,20)(H,18,19). The lowest BCUT2D eigenvalue weighted by molar-refractivity contribution is -0.147. The lowest BCUT2D eigenvalue weighted by atomic mass is 10.0. The monoisotopic (exact) mass is 302 g/mol. The predicted molar refractivity (Wildman–Crippen MR) is 74.5 cm³/mol. The van der Waals surface area contributed by atoms with E-state index in [0.29, 0.717) is 0 Å². The fourth-order valence-corrected chi connectivity index (χ4v) is 1.84. The molecule has 0 fully saturated rings. The number of rotatable bonds is 4. The molecule has 0 unspecified atom stereocenters. The maximum absolute atomic E-state index is 13.6. The largest absolute Gasteiger partial charge is 0.480 e. The number of halogens is 2. The molecule has 0 aliphatic rings. The number of likely N-dealkylation sites (N-methyl/N-ethyl adjacent to an activating group) is 1. The Bertz CT molecular complexity index is 534. The van der Waals surface area contributed by atoms with Gasteiger partial charge in [0.05, 0.1) is 5.69 Å². The smallest absolute Gasteiger partial charge is 0.329 e. The molecule has 1 rings (SSSR count). The maximum atomic E-state index is 13.6. The summed E-state index contributed by atoms with van der Waals surface area (Å²) in [7, 11) is 0. The number of amides is 2. The molecule has 5 nitrogen and oxygen atoms in total.